The van der Waals surface area contributed by atoms with Gasteiger partial charge in [0.2, 0.25) is 0 Å². The largest absolute Gasteiger partial charge is 0.493 e. The minimum atomic E-state index is 0.714. The quantitative estimate of drug-likeness (QED) is 0.567. The predicted octanol–water partition coefficient (Wildman–Crippen LogP) is 2.10. The van der Waals surface area contributed by atoms with Crippen molar-refractivity contribution in [3.05, 3.63) is 23.8 Å². The van der Waals surface area contributed by atoms with E-state index in [0.29, 0.717) is 5.92 Å². The van der Waals surface area contributed by atoms with Crippen LogP contribution in [-0.4, -0.2) is 76.8 Å². The molecule has 0 bridgehead atoms. The molecule has 0 aliphatic carbocycles. The Morgan fingerprint density at radius 3 is 2.69 bits per heavy atom. The highest BCUT2D eigenvalue weighted by molar-refractivity contribution is 5.79. The average Bonchev–Trinajstić information content (AvgIpc) is 3.14. The van der Waals surface area contributed by atoms with Gasteiger partial charge in [0.1, 0.15) is 0 Å². The van der Waals surface area contributed by atoms with Crippen LogP contribution in [0.4, 0.5) is 0 Å². The number of aliphatic imine (C=N–C) groups is 1. The molecule has 1 saturated heterocycles. The molecule has 1 aliphatic rings. The van der Waals surface area contributed by atoms with Gasteiger partial charge in [0.25, 0.3) is 0 Å². The molecule has 1 aliphatic heterocycles. The summed E-state index contributed by atoms with van der Waals surface area (Å²) < 4.78 is 10.7. The van der Waals surface area contributed by atoms with Crippen LogP contribution in [0.15, 0.2) is 23.2 Å². The number of hydrogen-bond donors (Lipinski definition) is 1. The van der Waals surface area contributed by atoms with Crippen LogP contribution in [0.1, 0.15) is 18.9 Å². The van der Waals surface area contributed by atoms with Crippen molar-refractivity contribution in [2.75, 3.05) is 61.0 Å². The Balaban J connectivity index is 1.82. The molecule has 1 aromatic carbocycles. The van der Waals surface area contributed by atoms with Crippen LogP contribution in [0.25, 0.3) is 0 Å². The van der Waals surface area contributed by atoms with Crippen molar-refractivity contribution in [1.29, 1.82) is 0 Å². The van der Waals surface area contributed by atoms with E-state index in [1.165, 1.54) is 25.1 Å². The maximum Gasteiger partial charge on any atom is 0.193 e. The van der Waals surface area contributed by atoms with E-state index < -0.39 is 0 Å². The third kappa shape index (κ3) is 5.53. The Morgan fingerprint density at radius 1 is 1.31 bits per heavy atom. The molecule has 146 valence electrons. The molecule has 0 amide bonds. The van der Waals surface area contributed by atoms with Gasteiger partial charge in [0, 0.05) is 33.7 Å². The van der Waals surface area contributed by atoms with Crippen LogP contribution in [0.5, 0.6) is 11.5 Å². The van der Waals surface area contributed by atoms with Gasteiger partial charge in [-0.25, -0.2) is 0 Å². The van der Waals surface area contributed by atoms with Crippen molar-refractivity contribution in [2.24, 2.45) is 10.9 Å². The number of nitrogens with zero attached hydrogens (tertiary/aromatic N) is 3. The molecule has 1 N–H and O–H groups in total. The standard InChI is InChI=1S/C20H34N4O2/c1-6-24-12-10-17(15-24)14-22-20(21-2)23(3)11-9-16-7-8-18(25-4)19(13-16)26-5/h7-8,13,17H,6,9-12,14-15H2,1-5H3,(H,21,22). The zero-order valence-electron chi connectivity index (χ0n) is 16.9. The number of likely N-dealkylation sites (N-methyl/N-ethyl adjacent to an activating group) is 1. The van der Waals surface area contributed by atoms with Crippen LogP contribution in [0, 0.1) is 5.92 Å². The second-order valence-corrected chi connectivity index (χ2v) is 6.84. The fourth-order valence-electron chi connectivity index (χ4n) is 3.43. The zero-order valence-corrected chi connectivity index (χ0v) is 16.9. The molecule has 1 fully saturated rings. The van der Waals surface area contributed by atoms with E-state index in [4.69, 9.17) is 9.47 Å². The molecule has 1 unspecified atom stereocenters. The van der Waals surface area contributed by atoms with Crippen molar-refractivity contribution < 1.29 is 9.47 Å². The van der Waals surface area contributed by atoms with Crippen molar-refractivity contribution in [1.82, 2.24) is 15.1 Å². The highest BCUT2D eigenvalue weighted by Gasteiger charge is 2.21. The van der Waals surface area contributed by atoms with Gasteiger partial charge < -0.3 is 24.6 Å². The zero-order chi connectivity index (χ0) is 18.9. The van der Waals surface area contributed by atoms with E-state index >= 15 is 0 Å². The SMILES string of the molecule is CCN1CCC(CNC(=NC)N(C)CCc2ccc(OC)c(OC)c2)C1. The Kier molecular flexibility index (Phi) is 8.04. The molecule has 0 aromatic heterocycles. The van der Waals surface area contributed by atoms with Crippen molar-refractivity contribution in [3.63, 3.8) is 0 Å². The summed E-state index contributed by atoms with van der Waals surface area (Å²) >= 11 is 0. The molecule has 0 spiro atoms. The normalized spacial score (nSPS) is 18.0. The summed E-state index contributed by atoms with van der Waals surface area (Å²) in [5.41, 5.74) is 1.22. The molecule has 6 heteroatoms. The third-order valence-corrected chi connectivity index (χ3v) is 5.12. The second-order valence-electron chi connectivity index (χ2n) is 6.84. The summed E-state index contributed by atoms with van der Waals surface area (Å²) in [4.78, 5) is 9.13. The molecule has 1 aromatic rings. The summed E-state index contributed by atoms with van der Waals surface area (Å²) in [6.45, 7) is 7.67. The van der Waals surface area contributed by atoms with Crippen LogP contribution >= 0.6 is 0 Å². The first-order valence-electron chi connectivity index (χ1n) is 9.46. The van der Waals surface area contributed by atoms with Gasteiger partial charge in [-0.05, 0) is 49.5 Å². The molecule has 26 heavy (non-hydrogen) atoms. The Bertz CT molecular complexity index is 591. The lowest BCUT2D eigenvalue weighted by Crippen LogP contribution is -2.42. The molecule has 0 radical (unpaired) electrons. The summed E-state index contributed by atoms with van der Waals surface area (Å²) in [6.07, 6.45) is 2.19. The van der Waals surface area contributed by atoms with Gasteiger partial charge in [0.05, 0.1) is 14.2 Å². The maximum atomic E-state index is 5.39. The first-order chi connectivity index (χ1) is 12.6. The lowest BCUT2D eigenvalue weighted by Gasteiger charge is -2.23. The number of ether oxygens (including phenoxy) is 2. The Morgan fingerprint density at radius 2 is 2.08 bits per heavy atom. The van der Waals surface area contributed by atoms with Crippen molar-refractivity contribution >= 4 is 5.96 Å². The number of nitrogens with one attached hydrogen (secondary N) is 1. The van der Waals surface area contributed by atoms with Gasteiger partial charge in [0.15, 0.2) is 17.5 Å². The van der Waals surface area contributed by atoms with Gasteiger partial charge in [-0.3, -0.25) is 4.99 Å². The van der Waals surface area contributed by atoms with E-state index in [-0.39, 0.29) is 0 Å². The number of benzene rings is 1. The lowest BCUT2D eigenvalue weighted by molar-refractivity contribution is 0.341. The van der Waals surface area contributed by atoms with Crippen molar-refractivity contribution in [2.45, 2.75) is 19.8 Å². The molecular weight excluding hydrogens is 328 g/mol. The molecule has 1 heterocycles. The minimum Gasteiger partial charge on any atom is -0.493 e. The van der Waals surface area contributed by atoms with Gasteiger partial charge in [-0.2, -0.15) is 0 Å². The van der Waals surface area contributed by atoms with Gasteiger partial charge in [-0.15, -0.1) is 0 Å². The topological polar surface area (TPSA) is 49.3 Å². The summed E-state index contributed by atoms with van der Waals surface area (Å²) in [5.74, 6) is 3.21. The van der Waals surface area contributed by atoms with E-state index in [9.17, 15) is 0 Å². The average molecular weight is 363 g/mol. The summed E-state index contributed by atoms with van der Waals surface area (Å²) in [5, 5.41) is 3.54. The number of guanidine groups is 1. The van der Waals surface area contributed by atoms with E-state index in [1.54, 1.807) is 14.2 Å². The molecule has 0 saturated carbocycles. The highest BCUT2D eigenvalue weighted by atomic mass is 16.5. The van der Waals surface area contributed by atoms with Gasteiger partial charge in [-0.1, -0.05) is 13.0 Å². The number of methoxy groups -OCH3 is 2. The monoisotopic (exact) mass is 362 g/mol. The number of hydrogen-bond acceptors (Lipinski definition) is 4. The van der Waals surface area contributed by atoms with Gasteiger partial charge >= 0.3 is 0 Å². The molecular formula is C20H34N4O2. The van der Waals surface area contributed by atoms with E-state index in [0.717, 1.165) is 43.5 Å². The van der Waals surface area contributed by atoms with Crippen LogP contribution < -0.4 is 14.8 Å². The highest BCUT2D eigenvalue weighted by Crippen LogP contribution is 2.27. The van der Waals surface area contributed by atoms with Crippen molar-refractivity contribution in [3.8, 4) is 11.5 Å². The maximum absolute atomic E-state index is 5.39. The fraction of sp³-hybridized carbons (Fsp3) is 0.650. The minimum absolute atomic E-state index is 0.714. The number of likely N-dealkylation sites (tertiary alicyclic amines) is 1. The third-order valence-electron chi connectivity index (χ3n) is 5.12. The molecule has 1 atom stereocenters. The number of rotatable bonds is 8. The lowest BCUT2D eigenvalue weighted by atomic mass is 10.1. The Hall–Kier alpha value is -1.95. The van der Waals surface area contributed by atoms with Crippen LogP contribution in [-0.2, 0) is 6.42 Å². The summed E-state index contributed by atoms with van der Waals surface area (Å²) in [6, 6.07) is 6.09. The van der Waals surface area contributed by atoms with E-state index in [2.05, 4.69) is 40.1 Å². The fourth-order valence-corrected chi connectivity index (χ4v) is 3.43. The first-order valence-corrected chi connectivity index (χ1v) is 9.46. The van der Waals surface area contributed by atoms with E-state index in [1.807, 2.05) is 19.2 Å². The van der Waals surface area contributed by atoms with Crippen LogP contribution in [0.3, 0.4) is 0 Å². The summed E-state index contributed by atoms with van der Waals surface area (Å²) in [7, 11) is 7.26. The predicted molar refractivity (Wildman–Crippen MR) is 107 cm³/mol. The molecule has 6 nitrogen and oxygen atoms in total. The van der Waals surface area contributed by atoms with Crippen LogP contribution in [0.2, 0.25) is 0 Å². The molecule has 2 rings (SSSR count). The smallest absolute Gasteiger partial charge is 0.193 e. The Labute approximate surface area is 158 Å². The second kappa shape index (κ2) is 10.3. The first kappa shape index (κ1) is 20.4.